The van der Waals surface area contributed by atoms with Gasteiger partial charge in [-0.3, -0.25) is 9.59 Å². The molecule has 1 heterocycles. The minimum absolute atomic E-state index is 0.106. The molecule has 0 aromatic rings. The van der Waals surface area contributed by atoms with Crippen molar-refractivity contribution in [1.82, 2.24) is 4.90 Å². The molecule has 1 fully saturated rings. The molecule has 0 aromatic heterocycles. The summed E-state index contributed by atoms with van der Waals surface area (Å²) in [6.07, 6.45) is 1.30. The summed E-state index contributed by atoms with van der Waals surface area (Å²) in [7, 11) is 0. The second-order valence-corrected chi connectivity index (χ2v) is 4.82. The van der Waals surface area contributed by atoms with E-state index < -0.39 is 30.0 Å². The Hall–Kier alpha value is -1.63. The zero-order valence-corrected chi connectivity index (χ0v) is 11.6. The number of hydrogen-bond acceptors (Lipinski definition) is 4. The van der Waals surface area contributed by atoms with Crippen LogP contribution in [-0.2, 0) is 19.1 Å². The van der Waals surface area contributed by atoms with Crippen molar-refractivity contribution in [3.63, 3.8) is 0 Å². The zero-order valence-electron chi connectivity index (χ0n) is 11.6. The van der Waals surface area contributed by atoms with Gasteiger partial charge in [0, 0.05) is 13.2 Å². The SMILES string of the molecule is CCCC(C(=O)O)N(CCC(=O)O)C(=O)C1CCCO1. The van der Waals surface area contributed by atoms with Gasteiger partial charge in [0.1, 0.15) is 12.1 Å². The van der Waals surface area contributed by atoms with E-state index in [-0.39, 0.29) is 13.0 Å². The highest BCUT2D eigenvalue weighted by Gasteiger charge is 2.35. The lowest BCUT2D eigenvalue weighted by Gasteiger charge is -2.30. The highest BCUT2D eigenvalue weighted by molar-refractivity contribution is 5.87. The van der Waals surface area contributed by atoms with Crippen LogP contribution in [0, 0.1) is 0 Å². The maximum absolute atomic E-state index is 12.3. The van der Waals surface area contributed by atoms with E-state index in [2.05, 4.69) is 0 Å². The maximum atomic E-state index is 12.3. The van der Waals surface area contributed by atoms with Gasteiger partial charge >= 0.3 is 11.9 Å². The Kier molecular flexibility index (Phi) is 6.44. The van der Waals surface area contributed by atoms with E-state index >= 15 is 0 Å². The first-order valence-corrected chi connectivity index (χ1v) is 6.84. The van der Waals surface area contributed by atoms with Crippen LogP contribution in [0.5, 0.6) is 0 Å². The van der Waals surface area contributed by atoms with Crippen molar-refractivity contribution >= 4 is 17.8 Å². The van der Waals surface area contributed by atoms with E-state index in [1.807, 2.05) is 6.92 Å². The number of carboxylic acids is 2. The number of carbonyl (C=O) groups excluding carboxylic acids is 1. The average molecular weight is 287 g/mol. The van der Waals surface area contributed by atoms with Gasteiger partial charge < -0.3 is 19.8 Å². The van der Waals surface area contributed by atoms with Crippen LogP contribution in [0.25, 0.3) is 0 Å². The molecule has 1 saturated heterocycles. The smallest absolute Gasteiger partial charge is 0.326 e. The molecule has 1 amide bonds. The molecule has 0 aliphatic carbocycles. The van der Waals surface area contributed by atoms with Crippen LogP contribution in [0.3, 0.4) is 0 Å². The minimum Gasteiger partial charge on any atom is -0.481 e. The van der Waals surface area contributed by atoms with Crippen LogP contribution in [-0.4, -0.2) is 58.3 Å². The molecule has 114 valence electrons. The van der Waals surface area contributed by atoms with Gasteiger partial charge in [0.05, 0.1) is 6.42 Å². The molecule has 1 aliphatic rings. The summed E-state index contributed by atoms with van der Waals surface area (Å²) in [6.45, 7) is 2.20. The summed E-state index contributed by atoms with van der Waals surface area (Å²) in [5.74, 6) is -2.58. The monoisotopic (exact) mass is 287 g/mol. The fourth-order valence-electron chi connectivity index (χ4n) is 2.28. The van der Waals surface area contributed by atoms with Gasteiger partial charge in [-0.25, -0.2) is 4.79 Å². The molecule has 0 saturated carbocycles. The number of carbonyl (C=O) groups is 3. The van der Waals surface area contributed by atoms with Gasteiger partial charge in [-0.05, 0) is 19.3 Å². The summed E-state index contributed by atoms with van der Waals surface area (Å²) in [5, 5.41) is 18.0. The van der Waals surface area contributed by atoms with E-state index in [0.29, 0.717) is 25.9 Å². The topological polar surface area (TPSA) is 104 Å². The largest absolute Gasteiger partial charge is 0.481 e. The predicted octanol–water partition coefficient (Wildman–Crippen LogP) is 0.722. The van der Waals surface area contributed by atoms with Crippen molar-refractivity contribution < 1.29 is 29.3 Å². The standard InChI is InChI=1S/C13H21NO6/c1-2-4-9(13(18)19)14(7-6-11(15)16)12(17)10-5-3-8-20-10/h9-10H,2-8H2,1H3,(H,15,16)(H,18,19). The molecular weight excluding hydrogens is 266 g/mol. The Balaban J connectivity index is 2.83. The number of carboxylic acid groups (broad SMARTS) is 2. The molecule has 7 nitrogen and oxygen atoms in total. The minimum atomic E-state index is -1.11. The summed E-state index contributed by atoms with van der Waals surface area (Å²) >= 11 is 0. The molecule has 2 N–H and O–H groups in total. The predicted molar refractivity (Wildman–Crippen MR) is 69.3 cm³/mol. The normalized spacial score (nSPS) is 19.6. The van der Waals surface area contributed by atoms with Crippen LogP contribution >= 0.6 is 0 Å². The Morgan fingerprint density at radius 1 is 1.35 bits per heavy atom. The van der Waals surface area contributed by atoms with Crippen LogP contribution in [0.1, 0.15) is 39.0 Å². The molecule has 0 bridgehead atoms. The quantitative estimate of drug-likeness (QED) is 0.681. The Morgan fingerprint density at radius 3 is 2.50 bits per heavy atom. The lowest BCUT2D eigenvalue weighted by atomic mass is 10.1. The summed E-state index contributed by atoms with van der Waals surface area (Å²) in [6, 6.07) is -0.990. The Labute approximate surface area is 117 Å². The Morgan fingerprint density at radius 2 is 2.05 bits per heavy atom. The first-order valence-electron chi connectivity index (χ1n) is 6.84. The third-order valence-electron chi connectivity index (χ3n) is 3.28. The van der Waals surface area contributed by atoms with Crippen LogP contribution in [0.15, 0.2) is 0 Å². The number of amides is 1. The number of aliphatic carboxylic acids is 2. The number of hydrogen-bond donors (Lipinski definition) is 2. The van der Waals surface area contributed by atoms with Gasteiger partial charge in [0.15, 0.2) is 0 Å². The van der Waals surface area contributed by atoms with E-state index in [4.69, 9.17) is 9.84 Å². The lowest BCUT2D eigenvalue weighted by molar-refractivity contribution is -0.156. The number of rotatable bonds is 8. The summed E-state index contributed by atoms with van der Waals surface area (Å²) < 4.78 is 5.28. The fraction of sp³-hybridized carbons (Fsp3) is 0.769. The third-order valence-corrected chi connectivity index (χ3v) is 3.28. The first kappa shape index (κ1) is 16.4. The summed E-state index contributed by atoms with van der Waals surface area (Å²) in [5.41, 5.74) is 0. The van der Waals surface area contributed by atoms with E-state index in [0.717, 1.165) is 11.3 Å². The van der Waals surface area contributed by atoms with Crippen molar-refractivity contribution in [3.05, 3.63) is 0 Å². The molecular formula is C13H21NO6. The molecule has 0 radical (unpaired) electrons. The molecule has 2 atom stereocenters. The highest BCUT2D eigenvalue weighted by Crippen LogP contribution is 2.18. The van der Waals surface area contributed by atoms with E-state index in [1.54, 1.807) is 0 Å². The van der Waals surface area contributed by atoms with E-state index in [9.17, 15) is 19.5 Å². The van der Waals surface area contributed by atoms with Gasteiger partial charge in [-0.2, -0.15) is 0 Å². The van der Waals surface area contributed by atoms with Gasteiger partial charge in [0.25, 0.3) is 5.91 Å². The molecule has 1 aliphatic heterocycles. The fourth-order valence-corrected chi connectivity index (χ4v) is 2.28. The Bertz CT molecular complexity index is 364. The highest BCUT2D eigenvalue weighted by atomic mass is 16.5. The third kappa shape index (κ3) is 4.48. The van der Waals surface area contributed by atoms with Gasteiger partial charge in [-0.15, -0.1) is 0 Å². The van der Waals surface area contributed by atoms with Gasteiger partial charge in [-0.1, -0.05) is 13.3 Å². The molecule has 7 heteroatoms. The number of nitrogens with zero attached hydrogens (tertiary/aromatic N) is 1. The first-order chi connectivity index (χ1) is 9.47. The molecule has 2 unspecified atom stereocenters. The van der Waals surface area contributed by atoms with Crippen LogP contribution in [0.4, 0.5) is 0 Å². The average Bonchev–Trinajstić information content (AvgIpc) is 2.90. The van der Waals surface area contributed by atoms with Crippen molar-refractivity contribution in [2.24, 2.45) is 0 Å². The van der Waals surface area contributed by atoms with Crippen molar-refractivity contribution in [3.8, 4) is 0 Å². The zero-order chi connectivity index (χ0) is 15.1. The second-order valence-electron chi connectivity index (χ2n) is 4.82. The number of ether oxygens (including phenoxy) is 1. The molecule has 0 spiro atoms. The van der Waals surface area contributed by atoms with E-state index in [1.165, 1.54) is 0 Å². The molecule has 0 aromatic carbocycles. The molecule has 1 rings (SSSR count). The van der Waals surface area contributed by atoms with Crippen LogP contribution < -0.4 is 0 Å². The van der Waals surface area contributed by atoms with Crippen molar-refractivity contribution in [2.45, 2.75) is 51.2 Å². The van der Waals surface area contributed by atoms with Crippen LogP contribution in [0.2, 0.25) is 0 Å². The maximum Gasteiger partial charge on any atom is 0.326 e. The van der Waals surface area contributed by atoms with Crippen molar-refractivity contribution in [1.29, 1.82) is 0 Å². The lowest BCUT2D eigenvalue weighted by Crippen LogP contribution is -2.49. The van der Waals surface area contributed by atoms with Crippen molar-refractivity contribution in [2.75, 3.05) is 13.2 Å². The molecule has 20 heavy (non-hydrogen) atoms. The second kappa shape index (κ2) is 7.84. The summed E-state index contributed by atoms with van der Waals surface area (Å²) in [4.78, 5) is 35.5. The van der Waals surface area contributed by atoms with Gasteiger partial charge in [0.2, 0.25) is 0 Å².